The molecule has 8 nitrogen and oxygen atoms in total. The van der Waals surface area contributed by atoms with Gasteiger partial charge >= 0.3 is 0 Å². The van der Waals surface area contributed by atoms with Gasteiger partial charge in [0, 0.05) is 55.3 Å². The van der Waals surface area contributed by atoms with Crippen molar-refractivity contribution in [3.63, 3.8) is 0 Å². The molecule has 0 radical (unpaired) electrons. The van der Waals surface area contributed by atoms with Crippen LogP contribution >= 0.6 is 0 Å². The number of aliphatic hydroxyl groups is 1. The predicted octanol–water partition coefficient (Wildman–Crippen LogP) is 5.60. The zero-order chi connectivity index (χ0) is 28.6. The highest BCUT2D eigenvalue weighted by Crippen LogP contribution is 2.55. The highest BCUT2D eigenvalue weighted by atomic mass is 16.5. The molecule has 0 bridgehead atoms. The van der Waals surface area contributed by atoms with Crippen LogP contribution in [-0.2, 0) is 26.7 Å². The summed E-state index contributed by atoms with van der Waals surface area (Å²) in [6, 6.07) is 26.1. The van der Waals surface area contributed by atoms with E-state index in [1.165, 1.54) is 16.7 Å². The van der Waals surface area contributed by atoms with Gasteiger partial charge in [-0.15, -0.1) is 5.10 Å². The van der Waals surface area contributed by atoms with Gasteiger partial charge in [-0.2, -0.15) is 5.10 Å². The molecular weight excluding hydrogens is 524 g/mol. The van der Waals surface area contributed by atoms with Crippen LogP contribution < -0.4 is 4.74 Å². The molecule has 8 heteroatoms. The molecule has 0 amide bonds. The van der Waals surface area contributed by atoms with Gasteiger partial charge in [0.2, 0.25) is 0 Å². The van der Waals surface area contributed by atoms with E-state index in [0.29, 0.717) is 18.6 Å². The summed E-state index contributed by atoms with van der Waals surface area (Å²) in [5.41, 5.74) is 8.75. The van der Waals surface area contributed by atoms with E-state index >= 15 is 0 Å². The third-order valence-corrected chi connectivity index (χ3v) is 8.70. The fourth-order valence-electron chi connectivity index (χ4n) is 6.35. The Labute approximate surface area is 246 Å². The highest BCUT2D eigenvalue weighted by molar-refractivity contribution is 5.67. The van der Waals surface area contributed by atoms with Gasteiger partial charge in [-0.1, -0.05) is 60.7 Å². The fraction of sp³-hybridized carbons (Fsp3) is 0.324. The first-order chi connectivity index (χ1) is 20.6. The van der Waals surface area contributed by atoms with Crippen LogP contribution in [0.5, 0.6) is 5.75 Å². The predicted molar refractivity (Wildman–Crippen MR) is 161 cm³/mol. The van der Waals surface area contributed by atoms with Crippen LogP contribution in [0.2, 0.25) is 0 Å². The number of aliphatic hydroxyl groups excluding tert-OH is 1. The van der Waals surface area contributed by atoms with Crippen LogP contribution in [0.3, 0.4) is 0 Å². The molecule has 1 fully saturated rings. The van der Waals surface area contributed by atoms with Gasteiger partial charge in [0.05, 0.1) is 29.9 Å². The SMILES string of the molecule is CCC1COc2ccccc2CN1Cc1cccc(-c2cccc(-n3ncc(CO)c3[C@@H]3C[C@H]3c3cn(C)nn3)c2)c1. The Morgan fingerprint density at radius 1 is 0.976 bits per heavy atom. The molecule has 0 saturated heterocycles. The minimum Gasteiger partial charge on any atom is -0.492 e. The Morgan fingerprint density at radius 2 is 1.81 bits per heavy atom. The maximum absolute atomic E-state index is 10.1. The normalized spacial score (nSPS) is 20.1. The number of aromatic nitrogens is 5. The maximum atomic E-state index is 10.1. The highest BCUT2D eigenvalue weighted by Gasteiger charge is 2.45. The van der Waals surface area contributed by atoms with Crippen molar-refractivity contribution >= 4 is 0 Å². The fourth-order valence-corrected chi connectivity index (χ4v) is 6.35. The molecule has 2 aromatic heterocycles. The Morgan fingerprint density at radius 3 is 2.62 bits per heavy atom. The van der Waals surface area contributed by atoms with Crippen molar-refractivity contribution in [2.45, 2.75) is 57.3 Å². The van der Waals surface area contributed by atoms with Gasteiger partial charge in [0.25, 0.3) is 0 Å². The average molecular weight is 561 g/mol. The van der Waals surface area contributed by atoms with Crippen LogP contribution in [0.15, 0.2) is 85.2 Å². The number of hydrogen-bond acceptors (Lipinski definition) is 6. The summed E-state index contributed by atoms with van der Waals surface area (Å²) in [4.78, 5) is 2.54. The van der Waals surface area contributed by atoms with Crippen LogP contribution in [-0.4, -0.2) is 47.4 Å². The van der Waals surface area contributed by atoms with E-state index < -0.39 is 0 Å². The lowest BCUT2D eigenvalue weighted by molar-refractivity contribution is 0.135. The molecule has 1 aliphatic heterocycles. The van der Waals surface area contributed by atoms with E-state index in [1.807, 2.05) is 24.0 Å². The summed E-state index contributed by atoms with van der Waals surface area (Å²) in [7, 11) is 1.89. The average Bonchev–Trinajstić information content (AvgIpc) is 3.55. The third-order valence-electron chi connectivity index (χ3n) is 8.70. The zero-order valence-electron chi connectivity index (χ0n) is 24.1. The lowest BCUT2D eigenvalue weighted by Crippen LogP contribution is -2.36. The number of hydrogen-bond donors (Lipinski definition) is 1. The Balaban J connectivity index is 1.15. The van der Waals surface area contributed by atoms with Gasteiger partial charge in [-0.3, -0.25) is 9.58 Å². The second kappa shape index (κ2) is 11.2. The summed E-state index contributed by atoms with van der Waals surface area (Å²) in [6.45, 7) is 4.64. The summed E-state index contributed by atoms with van der Waals surface area (Å²) in [5, 5.41) is 23.3. The van der Waals surface area contributed by atoms with Crippen LogP contribution in [0.4, 0.5) is 0 Å². The van der Waals surface area contributed by atoms with Crippen molar-refractivity contribution in [3.05, 3.63) is 113 Å². The number of para-hydroxylation sites is 1. The summed E-state index contributed by atoms with van der Waals surface area (Å²) < 4.78 is 9.91. The molecule has 5 aromatic rings. The van der Waals surface area contributed by atoms with Gasteiger partial charge in [0.1, 0.15) is 12.4 Å². The lowest BCUT2D eigenvalue weighted by atomic mass is 10.0. The van der Waals surface area contributed by atoms with Crippen molar-refractivity contribution in [1.29, 1.82) is 0 Å². The first-order valence-corrected chi connectivity index (χ1v) is 14.8. The Hall–Kier alpha value is -4.27. The number of nitrogens with zero attached hydrogens (tertiary/aromatic N) is 6. The molecule has 2 aliphatic rings. The van der Waals surface area contributed by atoms with E-state index in [1.54, 1.807) is 10.9 Å². The van der Waals surface area contributed by atoms with Gasteiger partial charge < -0.3 is 9.84 Å². The van der Waals surface area contributed by atoms with E-state index in [0.717, 1.165) is 59.9 Å². The molecular formula is C34H36N6O2. The van der Waals surface area contributed by atoms with E-state index in [2.05, 4.69) is 88.9 Å². The Bertz CT molecular complexity index is 1710. The van der Waals surface area contributed by atoms with E-state index in [9.17, 15) is 5.11 Å². The van der Waals surface area contributed by atoms with Crippen molar-refractivity contribution in [2.75, 3.05) is 6.61 Å². The molecule has 7 rings (SSSR count). The van der Waals surface area contributed by atoms with Crippen molar-refractivity contribution in [1.82, 2.24) is 29.7 Å². The molecule has 1 N–H and O–H groups in total. The molecule has 3 atom stereocenters. The van der Waals surface area contributed by atoms with Crippen LogP contribution in [0.25, 0.3) is 16.8 Å². The molecule has 0 spiro atoms. The summed E-state index contributed by atoms with van der Waals surface area (Å²) in [6.07, 6.45) is 5.79. The monoisotopic (exact) mass is 560 g/mol. The van der Waals surface area contributed by atoms with E-state index in [4.69, 9.17) is 9.84 Å². The third kappa shape index (κ3) is 5.12. The topological polar surface area (TPSA) is 81.2 Å². The van der Waals surface area contributed by atoms with Gasteiger partial charge in [-0.05, 0) is 53.8 Å². The number of aryl methyl sites for hydroxylation is 1. The second-order valence-corrected chi connectivity index (χ2v) is 11.5. The molecule has 1 aliphatic carbocycles. The van der Waals surface area contributed by atoms with Crippen molar-refractivity contribution in [3.8, 4) is 22.6 Å². The zero-order valence-corrected chi connectivity index (χ0v) is 24.1. The number of rotatable bonds is 8. The van der Waals surface area contributed by atoms with Crippen molar-refractivity contribution in [2.24, 2.45) is 7.05 Å². The largest absolute Gasteiger partial charge is 0.492 e. The number of fused-ring (bicyclic) bond motifs is 1. The first-order valence-electron chi connectivity index (χ1n) is 14.8. The smallest absolute Gasteiger partial charge is 0.123 e. The van der Waals surface area contributed by atoms with E-state index in [-0.39, 0.29) is 12.5 Å². The summed E-state index contributed by atoms with van der Waals surface area (Å²) in [5.74, 6) is 1.55. The maximum Gasteiger partial charge on any atom is 0.123 e. The van der Waals surface area contributed by atoms with Crippen molar-refractivity contribution < 1.29 is 9.84 Å². The quantitative estimate of drug-likeness (QED) is 0.266. The molecule has 3 heterocycles. The number of ether oxygens (including phenoxy) is 1. The van der Waals surface area contributed by atoms with Gasteiger partial charge in [0.15, 0.2) is 0 Å². The molecule has 42 heavy (non-hydrogen) atoms. The second-order valence-electron chi connectivity index (χ2n) is 11.5. The lowest BCUT2D eigenvalue weighted by Gasteiger charge is -2.28. The van der Waals surface area contributed by atoms with Crippen LogP contribution in [0, 0.1) is 0 Å². The molecule has 3 aromatic carbocycles. The van der Waals surface area contributed by atoms with Gasteiger partial charge in [-0.25, -0.2) is 4.68 Å². The van der Waals surface area contributed by atoms with Crippen LogP contribution in [0.1, 0.15) is 59.7 Å². The Kier molecular flexibility index (Phi) is 7.09. The molecule has 1 saturated carbocycles. The molecule has 214 valence electrons. The summed E-state index contributed by atoms with van der Waals surface area (Å²) >= 11 is 0. The first kappa shape index (κ1) is 26.6. The minimum absolute atomic E-state index is 0.0362. The standard InChI is InChI=1S/C34H36N6O2/c1-3-28-22-42-33-13-5-4-9-26(33)19-39(28)18-23-8-6-10-24(14-23)25-11-7-12-29(15-25)40-34(27(21-41)17-35-40)31-16-30(31)32-20-38(2)37-36-32/h4-15,17,20,28,30-31,41H,3,16,18-19,21-22H2,1-2H3/t28?,30-,31-/m1/s1. The molecule has 1 unspecified atom stereocenters. The minimum atomic E-state index is -0.0362. The number of benzene rings is 3.